The van der Waals surface area contributed by atoms with Crippen LogP contribution < -0.4 is 4.72 Å². The lowest BCUT2D eigenvalue weighted by Crippen LogP contribution is -2.35. The zero-order valence-electron chi connectivity index (χ0n) is 14.1. The molecule has 0 amide bonds. The monoisotopic (exact) mass is 388 g/mol. The molecule has 0 aromatic heterocycles. The van der Waals surface area contributed by atoms with Gasteiger partial charge < -0.3 is 4.74 Å². The Morgan fingerprint density at radius 2 is 1.60 bits per heavy atom. The van der Waals surface area contributed by atoms with E-state index in [2.05, 4.69) is 4.72 Å². The van der Waals surface area contributed by atoms with Crippen molar-refractivity contribution in [1.82, 2.24) is 9.03 Å². The Balaban J connectivity index is 1.70. The van der Waals surface area contributed by atoms with Crippen LogP contribution in [0.2, 0.25) is 0 Å². The highest BCUT2D eigenvalue weighted by Gasteiger charge is 2.26. The fourth-order valence-electron chi connectivity index (χ4n) is 3.14. The van der Waals surface area contributed by atoms with Gasteiger partial charge in [-0.15, -0.1) is 0 Å². The molecule has 2 aliphatic rings. The summed E-state index contributed by atoms with van der Waals surface area (Å²) < 4.78 is 59.2. The normalized spacial score (nSPS) is 23.0. The molecular weight excluding hydrogens is 364 g/mol. The molecule has 140 valence electrons. The number of hydrogen-bond acceptors (Lipinski definition) is 5. The van der Waals surface area contributed by atoms with Crippen LogP contribution in [0.1, 0.15) is 32.1 Å². The average molecular weight is 389 g/mol. The molecule has 0 saturated carbocycles. The first-order chi connectivity index (χ1) is 11.9. The molecule has 3 rings (SSSR count). The van der Waals surface area contributed by atoms with Crippen LogP contribution in [0.25, 0.3) is 0 Å². The number of benzene rings is 1. The Hall–Kier alpha value is -1.00. The zero-order chi connectivity index (χ0) is 17.9. The van der Waals surface area contributed by atoms with Crippen LogP contribution in [-0.4, -0.2) is 53.5 Å². The minimum Gasteiger partial charge on any atom is -0.377 e. The fraction of sp³-hybridized carbons (Fsp3) is 0.625. The summed E-state index contributed by atoms with van der Waals surface area (Å²) in [7, 11) is -7.22. The molecule has 2 fully saturated rings. The smallest absolute Gasteiger partial charge is 0.243 e. The predicted molar refractivity (Wildman–Crippen MR) is 93.2 cm³/mol. The third-order valence-corrected chi connectivity index (χ3v) is 7.96. The quantitative estimate of drug-likeness (QED) is 0.793. The molecule has 1 aromatic rings. The Bertz CT molecular complexity index is 778. The maximum absolute atomic E-state index is 12.6. The van der Waals surface area contributed by atoms with E-state index in [4.69, 9.17) is 4.74 Å². The van der Waals surface area contributed by atoms with Crippen LogP contribution in [0.15, 0.2) is 34.1 Å². The summed E-state index contributed by atoms with van der Waals surface area (Å²) in [4.78, 5) is 0.190. The second-order valence-electron chi connectivity index (χ2n) is 6.42. The first kappa shape index (κ1) is 18.8. The first-order valence-electron chi connectivity index (χ1n) is 8.61. The van der Waals surface area contributed by atoms with Crippen LogP contribution in [0, 0.1) is 0 Å². The Morgan fingerprint density at radius 3 is 2.20 bits per heavy atom. The van der Waals surface area contributed by atoms with Gasteiger partial charge in [0.05, 0.1) is 15.9 Å². The maximum atomic E-state index is 12.6. The van der Waals surface area contributed by atoms with Crippen molar-refractivity contribution in [1.29, 1.82) is 0 Å². The second kappa shape index (κ2) is 7.71. The van der Waals surface area contributed by atoms with Crippen molar-refractivity contribution in [2.45, 2.75) is 48.0 Å². The molecule has 9 heteroatoms. The number of rotatable bonds is 6. The molecule has 2 heterocycles. The van der Waals surface area contributed by atoms with Crippen LogP contribution in [0.4, 0.5) is 0 Å². The summed E-state index contributed by atoms with van der Waals surface area (Å²) in [6.45, 7) is 1.93. The van der Waals surface area contributed by atoms with Crippen molar-refractivity contribution < 1.29 is 21.6 Å². The molecular formula is C16H24N2O5S2. The first-order valence-corrected chi connectivity index (χ1v) is 11.5. The molecule has 2 saturated heterocycles. The summed E-state index contributed by atoms with van der Waals surface area (Å²) in [6, 6.07) is 5.42. The van der Waals surface area contributed by atoms with Gasteiger partial charge in [-0.1, -0.05) is 6.42 Å². The molecule has 2 aliphatic heterocycles. The van der Waals surface area contributed by atoms with Gasteiger partial charge in [-0.3, -0.25) is 0 Å². The van der Waals surface area contributed by atoms with Gasteiger partial charge >= 0.3 is 0 Å². The van der Waals surface area contributed by atoms with Gasteiger partial charge in [-0.2, -0.15) is 4.31 Å². The molecule has 1 aromatic carbocycles. The second-order valence-corrected chi connectivity index (χ2v) is 10.1. The number of piperidine rings is 1. The van der Waals surface area contributed by atoms with Crippen LogP contribution >= 0.6 is 0 Å². The van der Waals surface area contributed by atoms with Gasteiger partial charge in [0.25, 0.3) is 0 Å². The van der Waals surface area contributed by atoms with E-state index in [-0.39, 0.29) is 22.4 Å². The molecule has 0 aliphatic carbocycles. The van der Waals surface area contributed by atoms with E-state index in [0.717, 1.165) is 32.1 Å². The fourth-order valence-corrected chi connectivity index (χ4v) is 5.72. The third-order valence-electron chi connectivity index (χ3n) is 4.61. The molecule has 1 N–H and O–H groups in total. The molecule has 0 radical (unpaired) electrons. The Labute approximate surface area is 149 Å². The van der Waals surface area contributed by atoms with E-state index >= 15 is 0 Å². The standard InChI is InChI=1S/C16H24N2O5S2/c19-24(20,17-13-14-5-4-12-23-14)15-6-8-16(9-7-15)25(21,22)18-10-2-1-3-11-18/h6-9,14,17H,1-5,10-13H2/t14-/m1/s1. The van der Waals surface area contributed by atoms with E-state index < -0.39 is 20.0 Å². The number of nitrogens with one attached hydrogen (secondary N) is 1. The maximum Gasteiger partial charge on any atom is 0.243 e. The zero-order valence-corrected chi connectivity index (χ0v) is 15.7. The number of sulfonamides is 2. The van der Waals surface area contributed by atoms with Gasteiger partial charge in [0.1, 0.15) is 0 Å². The molecule has 1 atom stereocenters. The number of nitrogens with zero attached hydrogens (tertiary/aromatic N) is 1. The summed E-state index contributed by atoms with van der Waals surface area (Å²) in [5.74, 6) is 0. The molecule has 0 bridgehead atoms. The van der Waals surface area contributed by atoms with E-state index in [0.29, 0.717) is 19.7 Å². The lowest BCUT2D eigenvalue weighted by molar-refractivity contribution is 0.114. The van der Waals surface area contributed by atoms with Crippen molar-refractivity contribution in [3.8, 4) is 0 Å². The minimum absolute atomic E-state index is 0.0584. The highest BCUT2D eigenvalue weighted by Crippen LogP contribution is 2.22. The highest BCUT2D eigenvalue weighted by atomic mass is 32.2. The topological polar surface area (TPSA) is 92.8 Å². The number of ether oxygens (including phenoxy) is 1. The summed E-state index contributed by atoms with van der Waals surface area (Å²) in [5, 5.41) is 0. The van der Waals surface area contributed by atoms with Crippen LogP contribution in [-0.2, 0) is 24.8 Å². The van der Waals surface area contributed by atoms with Crippen LogP contribution in [0.5, 0.6) is 0 Å². The van der Waals surface area contributed by atoms with E-state index in [9.17, 15) is 16.8 Å². The third kappa shape index (κ3) is 4.40. The predicted octanol–water partition coefficient (Wildman–Crippen LogP) is 1.32. The summed E-state index contributed by atoms with van der Waals surface area (Å²) in [5.41, 5.74) is 0. The van der Waals surface area contributed by atoms with Crippen molar-refractivity contribution in [3.63, 3.8) is 0 Å². The lowest BCUT2D eigenvalue weighted by atomic mass is 10.2. The van der Waals surface area contributed by atoms with Gasteiger partial charge in [0.15, 0.2) is 0 Å². The Morgan fingerprint density at radius 1 is 0.960 bits per heavy atom. The van der Waals surface area contributed by atoms with Crippen molar-refractivity contribution in [3.05, 3.63) is 24.3 Å². The highest BCUT2D eigenvalue weighted by molar-refractivity contribution is 7.89. The molecule has 0 unspecified atom stereocenters. The van der Waals surface area contributed by atoms with Gasteiger partial charge in [0, 0.05) is 26.2 Å². The summed E-state index contributed by atoms with van der Waals surface area (Å²) in [6.07, 6.45) is 4.45. The SMILES string of the molecule is O=S(=O)(NC[C@H]1CCCO1)c1ccc(S(=O)(=O)N2CCCCC2)cc1. The average Bonchev–Trinajstić information content (AvgIpc) is 3.15. The van der Waals surface area contributed by atoms with E-state index in [1.54, 1.807) is 0 Å². The van der Waals surface area contributed by atoms with Gasteiger partial charge in [0.2, 0.25) is 20.0 Å². The van der Waals surface area contributed by atoms with Crippen molar-refractivity contribution in [2.75, 3.05) is 26.2 Å². The lowest BCUT2D eigenvalue weighted by Gasteiger charge is -2.25. The van der Waals surface area contributed by atoms with Gasteiger partial charge in [-0.05, 0) is 49.9 Å². The van der Waals surface area contributed by atoms with E-state index in [1.807, 2.05) is 0 Å². The minimum atomic E-state index is -3.67. The number of hydrogen-bond donors (Lipinski definition) is 1. The molecule has 0 spiro atoms. The van der Waals surface area contributed by atoms with Crippen LogP contribution in [0.3, 0.4) is 0 Å². The van der Waals surface area contributed by atoms with Crippen molar-refractivity contribution in [2.24, 2.45) is 0 Å². The van der Waals surface area contributed by atoms with Crippen molar-refractivity contribution >= 4 is 20.0 Å². The van der Waals surface area contributed by atoms with E-state index in [1.165, 1.54) is 28.6 Å². The van der Waals surface area contributed by atoms with Gasteiger partial charge in [-0.25, -0.2) is 21.6 Å². The largest absolute Gasteiger partial charge is 0.377 e. The Kier molecular flexibility index (Phi) is 5.79. The molecule has 7 nitrogen and oxygen atoms in total. The molecule has 25 heavy (non-hydrogen) atoms. The summed E-state index contributed by atoms with van der Waals surface area (Å²) >= 11 is 0.